The van der Waals surface area contributed by atoms with Crippen LogP contribution in [0, 0.1) is 5.92 Å². The summed E-state index contributed by atoms with van der Waals surface area (Å²) in [5.41, 5.74) is 0.609. The van der Waals surface area contributed by atoms with Crippen molar-refractivity contribution in [3.05, 3.63) is 54.2 Å². The number of carbonyl (C=O) groups is 1. The van der Waals surface area contributed by atoms with E-state index in [1.807, 2.05) is 42.2 Å². The highest BCUT2D eigenvalue weighted by atomic mass is 16.5. The third-order valence-corrected chi connectivity index (χ3v) is 4.31. The van der Waals surface area contributed by atoms with E-state index in [1.165, 1.54) is 0 Å². The summed E-state index contributed by atoms with van der Waals surface area (Å²) in [5.74, 6) is 1.58. The van der Waals surface area contributed by atoms with Gasteiger partial charge in [0, 0.05) is 37.5 Å². The van der Waals surface area contributed by atoms with Crippen LogP contribution in [0.25, 0.3) is 0 Å². The zero-order chi connectivity index (χ0) is 17.5. The Morgan fingerprint density at radius 2 is 2.12 bits per heavy atom. The van der Waals surface area contributed by atoms with Crippen LogP contribution in [0.3, 0.4) is 0 Å². The second kappa shape index (κ2) is 8.62. The standard InChI is InChI=1S/C20H24N2O3/c1-2-24-15-16-7-6-12-22(14-16)20(23)17-10-11-21-19(13-17)25-18-8-4-3-5-9-18/h3-5,8-11,13,16H,2,6-7,12,14-15H2,1H3/t16-/m1/s1. The molecule has 1 amide bonds. The Morgan fingerprint density at radius 1 is 1.28 bits per heavy atom. The van der Waals surface area contributed by atoms with Crippen LogP contribution in [0.5, 0.6) is 11.6 Å². The molecule has 0 radical (unpaired) electrons. The van der Waals surface area contributed by atoms with Crippen molar-refractivity contribution in [1.82, 2.24) is 9.88 Å². The molecule has 25 heavy (non-hydrogen) atoms. The van der Waals surface area contributed by atoms with E-state index in [2.05, 4.69) is 4.98 Å². The first-order chi connectivity index (χ1) is 12.3. The van der Waals surface area contributed by atoms with Crippen LogP contribution in [0.15, 0.2) is 48.7 Å². The molecule has 0 bridgehead atoms. The normalized spacial score (nSPS) is 17.3. The average molecular weight is 340 g/mol. The van der Waals surface area contributed by atoms with E-state index in [4.69, 9.17) is 9.47 Å². The van der Waals surface area contributed by atoms with Gasteiger partial charge in [0.05, 0.1) is 6.61 Å². The highest BCUT2D eigenvalue weighted by Gasteiger charge is 2.24. The molecule has 1 saturated heterocycles. The number of nitrogens with zero attached hydrogens (tertiary/aromatic N) is 2. The fraction of sp³-hybridized carbons (Fsp3) is 0.400. The zero-order valence-corrected chi connectivity index (χ0v) is 14.6. The van der Waals surface area contributed by atoms with Gasteiger partial charge in [-0.05, 0) is 43.9 Å². The summed E-state index contributed by atoms with van der Waals surface area (Å²) in [5, 5.41) is 0. The largest absolute Gasteiger partial charge is 0.439 e. The first-order valence-electron chi connectivity index (χ1n) is 8.82. The Labute approximate surface area is 148 Å². The molecular weight excluding hydrogens is 316 g/mol. The molecule has 1 fully saturated rings. The van der Waals surface area contributed by atoms with Crippen LogP contribution >= 0.6 is 0 Å². The lowest BCUT2D eigenvalue weighted by Gasteiger charge is -2.32. The second-order valence-electron chi connectivity index (χ2n) is 6.22. The van der Waals surface area contributed by atoms with E-state index in [9.17, 15) is 4.79 Å². The fourth-order valence-electron chi connectivity index (χ4n) is 3.06. The van der Waals surface area contributed by atoms with E-state index >= 15 is 0 Å². The first-order valence-corrected chi connectivity index (χ1v) is 8.82. The summed E-state index contributed by atoms with van der Waals surface area (Å²) in [7, 11) is 0. The quantitative estimate of drug-likeness (QED) is 0.803. The minimum atomic E-state index is 0.0292. The number of hydrogen-bond donors (Lipinski definition) is 0. The molecule has 1 atom stereocenters. The number of benzene rings is 1. The van der Waals surface area contributed by atoms with Gasteiger partial charge in [-0.2, -0.15) is 0 Å². The number of carbonyl (C=O) groups excluding carboxylic acids is 1. The van der Waals surface area contributed by atoms with E-state index in [0.717, 1.165) is 39.1 Å². The number of rotatable bonds is 6. The third kappa shape index (κ3) is 4.79. The van der Waals surface area contributed by atoms with Crippen molar-refractivity contribution in [1.29, 1.82) is 0 Å². The summed E-state index contributed by atoms with van der Waals surface area (Å²) in [4.78, 5) is 18.9. The Balaban J connectivity index is 1.66. The molecule has 0 N–H and O–H groups in total. The van der Waals surface area contributed by atoms with Crippen molar-refractivity contribution in [3.63, 3.8) is 0 Å². The van der Waals surface area contributed by atoms with Gasteiger partial charge in [-0.15, -0.1) is 0 Å². The number of piperidine rings is 1. The maximum Gasteiger partial charge on any atom is 0.254 e. The minimum absolute atomic E-state index is 0.0292. The van der Waals surface area contributed by atoms with Gasteiger partial charge in [-0.3, -0.25) is 4.79 Å². The van der Waals surface area contributed by atoms with E-state index < -0.39 is 0 Å². The summed E-state index contributed by atoms with van der Waals surface area (Å²) >= 11 is 0. The van der Waals surface area contributed by atoms with Gasteiger partial charge in [0.2, 0.25) is 5.88 Å². The van der Waals surface area contributed by atoms with Gasteiger partial charge in [0.1, 0.15) is 5.75 Å². The topological polar surface area (TPSA) is 51.7 Å². The molecule has 132 valence electrons. The Hall–Kier alpha value is -2.40. The number of para-hydroxylation sites is 1. The van der Waals surface area contributed by atoms with Crippen molar-refractivity contribution in [2.75, 3.05) is 26.3 Å². The van der Waals surface area contributed by atoms with Gasteiger partial charge in [0.15, 0.2) is 0 Å². The Bertz CT molecular complexity index is 690. The predicted octanol–water partition coefficient (Wildman–Crippen LogP) is 3.76. The molecule has 2 aromatic rings. The maximum atomic E-state index is 12.8. The summed E-state index contributed by atoms with van der Waals surface area (Å²) in [6.45, 7) is 4.97. The monoisotopic (exact) mass is 340 g/mol. The molecule has 2 heterocycles. The number of amides is 1. The van der Waals surface area contributed by atoms with Gasteiger partial charge in [-0.1, -0.05) is 18.2 Å². The van der Waals surface area contributed by atoms with Crippen molar-refractivity contribution < 1.29 is 14.3 Å². The Kier molecular flexibility index (Phi) is 6.01. The zero-order valence-electron chi connectivity index (χ0n) is 14.6. The molecule has 1 aliphatic heterocycles. The van der Waals surface area contributed by atoms with Gasteiger partial charge in [0.25, 0.3) is 5.91 Å². The van der Waals surface area contributed by atoms with Gasteiger partial charge < -0.3 is 14.4 Å². The lowest BCUT2D eigenvalue weighted by molar-refractivity contribution is 0.0500. The number of likely N-dealkylation sites (tertiary alicyclic amines) is 1. The highest BCUT2D eigenvalue weighted by molar-refractivity contribution is 5.94. The van der Waals surface area contributed by atoms with Gasteiger partial charge in [-0.25, -0.2) is 4.98 Å². The van der Waals surface area contributed by atoms with Crippen LogP contribution in [0.2, 0.25) is 0 Å². The van der Waals surface area contributed by atoms with Crippen LogP contribution in [0.4, 0.5) is 0 Å². The molecule has 1 aromatic heterocycles. The fourth-order valence-corrected chi connectivity index (χ4v) is 3.06. The number of aromatic nitrogens is 1. The van der Waals surface area contributed by atoms with Crippen LogP contribution in [-0.2, 0) is 4.74 Å². The van der Waals surface area contributed by atoms with Crippen molar-refractivity contribution >= 4 is 5.91 Å². The van der Waals surface area contributed by atoms with E-state index in [0.29, 0.717) is 23.1 Å². The molecule has 1 aromatic carbocycles. The smallest absolute Gasteiger partial charge is 0.254 e. The minimum Gasteiger partial charge on any atom is -0.439 e. The maximum absolute atomic E-state index is 12.8. The molecule has 0 aliphatic carbocycles. The van der Waals surface area contributed by atoms with Crippen LogP contribution in [-0.4, -0.2) is 42.1 Å². The van der Waals surface area contributed by atoms with Crippen LogP contribution in [0.1, 0.15) is 30.1 Å². The lowest BCUT2D eigenvalue weighted by Crippen LogP contribution is -2.41. The molecule has 5 heteroatoms. The first kappa shape index (κ1) is 17.4. The number of pyridine rings is 1. The van der Waals surface area contributed by atoms with Crippen LogP contribution < -0.4 is 4.74 Å². The Morgan fingerprint density at radius 3 is 2.92 bits per heavy atom. The molecule has 0 unspecified atom stereocenters. The van der Waals surface area contributed by atoms with E-state index in [1.54, 1.807) is 18.3 Å². The van der Waals surface area contributed by atoms with Gasteiger partial charge >= 0.3 is 0 Å². The molecule has 0 saturated carbocycles. The predicted molar refractivity (Wildman–Crippen MR) is 95.9 cm³/mol. The number of hydrogen-bond acceptors (Lipinski definition) is 4. The van der Waals surface area contributed by atoms with Crippen molar-refractivity contribution in [2.24, 2.45) is 5.92 Å². The molecule has 5 nitrogen and oxygen atoms in total. The van der Waals surface area contributed by atoms with E-state index in [-0.39, 0.29) is 5.91 Å². The lowest BCUT2D eigenvalue weighted by atomic mass is 9.98. The SMILES string of the molecule is CCOC[C@@H]1CCCN(C(=O)c2ccnc(Oc3ccccc3)c2)C1. The number of ether oxygens (including phenoxy) is 2. The van der Waals surface area contributed by atoms with Crippen molar-refractivity contribution in [3.8, 4) is 11.6 Å². The summed E-state index contributed by atoms with van der Waals surface area (Å²) < 4.78 is 11.3. The molecule has 0 spiro atoms. The third-order valence-electron chi connectivity index (χ3n) is 4.31. The molecular formula is C20H24N2O3. The molecule has 3 rings (SSSR count). The summed E-state index contributed by atoms with van der Waals surface area (Å²) in [6, 6.07) is 12.9. The second-order valence-corrected chi connectivity index (χ2v) is 6.22. The molecule has 1 aliphatic rings. The average Bonchev–Trinajstić information content (AvgIpc) is 2.67. The highest BCUT2D eigenvalue weighted by Crippen LogP contribution is 2.22. The summed E-state index contributed by atoms with van der Waals surface area (Å²) in [6.07, 6.45) is 3.75. The van der Waals surface area contributed by atoms with Crippen molar-refractivity contribution in [2.45, 2.75) is 19.8 Å².